The normalized spacial score (nSPS) is 16.0. The van der Waals surface area contributed by atoms with E-state index in [0.29, 0.717) is 0 Å². The summed E-state index contributed by atoms with van der Waals surface area (Å²) in [6, 6.07) is 13.1. The van der Waals surface area contributed by atoms with E-state index in [9.17, 15) is 4.39 Å². The van der Waals surface area contributed by atoms with E-state index < -0.39 is 0 Å². The SMILES string of the molecule is Cc1ccc(NCCCN2CCC(Cc3ccc(F)cc3)CC2)cc1Cl. The molecule has 0 amide bonds. The summed E-state index contributed by atoms with van der Waals surface area (Å²) in [5.74, 6) is 0.578. The minimum absolute atomic E-state index is 0.148. The molecule has 0 saturated carbocycles. The van der Waals surface area contributed by atoms with Gasteiger partial charge in [0.15, 0.2) is 0 Å². The molecule has 0 spiro atoms. The molecule has 2 nitrogen and oxygen atoms in total. The highest BCUT2D eigenvalue weighted by molar-refractivity contribution is 6.31. The fourth-order valence-corrected chi connectivity index (χ4v) is 3.79. The Balaban J connectivity index is 1.32. The van der Waals surface area contributed by atoms with E-state index >= 15 is 0 Å². The number of nitrogens with zero attached hydrogens (tertiary/aromatic N) is 1. The van der Waals surface area contributed by atoms with E-state index in [2.05, 4.69) is 22.3 Å². The number of hydrogen-bond acceptors (Lipinski definition) is 2. The van der Waals surface area contributed by atoms with Crippen LogP contribution in [0.3, 0.4) is 0 Å². The number of likely N-dealkylation sites (tertiary alicyclic amines) is 1. The van der Waals surface area contributed by atoms with Gasteiger partial charge in [0.25, 0.3) is 0 Å². The van der Waals surface area contributed by atoms with Gasteiger partial charge in [-0.05, 0) is 93.6 Å². The first kappa shape index (κ1) is 19.2. The highest BCUT2D eigenvalue weighted by Gasteiger charge is 2.19. The third-order valence-electron chi connectivity index (χ3n) is 5.30. The molecular weight excluding hydrogens is 347 g/mol. The van der Waals surface area contributed by atoms with E-state index in [1.165, 1.54) is 31.5 Å². The molecule has 26 heavy (non-hydrogen) atoms. The van der Waals surface area contributed by atoms with Gasteiger partial charge in [-0.2, -0.15) is 0 Å². The van der Waals surface area contributed by atoms with Crippen LogP contribution in [0.1, 0.15) is 30.4 Å². The fraction of sp³-hybridized carbons (Fsp3) is 0.455. The largest absolute Gasteiger partial charge is 0.385 e. The van der Waals surface area contributed by atoms with Crippen LogP contribution in [0.5, 0.6) is 0 Å². The molecule has 1 N–H and O–H groups in total. The van der Waals surface area contributed by atoms with Gasteiger partial charge >= 0.3 is 0 Å². The molecule has 2 aromatic carbocycles. The Hall–Kier alpha value is -1.58. The van der Waals surface area contributed by atoms with Crippen LogP contribution in [-0.2, 0) is 6.42 Å². The van der Waals surface area contributed by atoms with Crippen LogP contribution in [0.15, 0.2) is 42.5 Å². The van der Waals surface area contributed by atoms with Crippen molar-refractivity contribution >= 4 is 17.3 Å². The molecule has 0 radical (unpaired) electrons. The lowest BCUT2D eigenvalue weighted by molar-refractivity contribution is 0.183. The first-order chi connectivity index (χ1) is 12.6. The van der Waals surface area contributed by atoms with Gasteiger partial charge in [-0.3, -0.25) is 0 Å². The van der Waals surface area contributed by atoms with Crippen LogP contribution in [-0.4, -0.2) is 31.1 Å². The van der Waals surface area contributed by atoms with Crippen molar-refractivity contribution in [3.05, 3.63) is 64.4 Å². The van der Waals surface area contributed by atoms with Gasteiger partial charge in [0.05, 0.1) is 0 Å². The average Bonchev–Trinajstić information content (AvgIpc) is 2.65. The lowest BCUT2D eigenvalue weighted by Crippen LogP contribution is -2.35. The van der Waals surface area contributed by atoms with Crippen LogP contribution in [0.25, 0.3) is 0 Å². The van der Waals surface area contributed by atoms with E-state index in [4.69, 9.17) is 11.6 Å². The topological polar surface area (TPSA) is 15.3 Å². The molecule has 1 aliphatic heterocycles. The second-order valence-electron chi connectivity index (χ2n) is 7.36. The zero-order chi connectivity index (χ0) is 18.4. The Morgan fingerprint density at radius 3 is 2.54 bits per heavy atom. The summed E-state index contributed by atoms with van der Waals surface area (Å²) in [6.07, 6.45) is 4.68. The van der Waals surface area contributed by atoms with Gasteiger partial charge in [-0.15, -0.1) is 0 Å². The van der Waals surface area contributed by atoms with Crippen LogP contribution >= 0.6 is 11.6 Å². The van der Waals surface area contributed by atoms with Crippen LogP contribution in [0, 0.1) is 18.7 Å². The van der Waals surface area contributed by atoms with Crippen molar-refractivity contribution in [2.75, 3.05) is 31.5 Å². The van der Waals surface area contributed by atoms with Crippen molar-refractivity contribution in [2.24, 2.45) is 5.92 Å². The highest BCUT2D eigenvalue weighted by atomic mass is 35.5. The van der Waals surface area contributed by atoms with Crippen molar-refractivity contribution in [2.45, 2.75) is 32.6 Å². The van der Waals surface area contributed by atoms with Crippen LogP contribution < -0.4 is 5.32 Å². The zero-order valence-corrected chi connectivity index (χ0v) is 16.2. The summed E-state index contributed by atoms with van der Waals surface area (Å²) in [5.41, 5.74) is 3.46. The molecule has 1 saturated heterocycles. The summed E-state index contributed by atoms with van der Waals surface area (Å²) in [7, 11) is 0. The van der Waals surface area contributed by atoms with Crippen molar-refractivity contribution in [3.63, 3.8) is 0 Å². The monoisotopic (exact) mass is 374 g/mol. The summed E-state index contributed by atoms with van der Waals surface area (Å²) in [6.45, 7) is 6.46. The maximum absolute atomic E-state index is 13.0. The van der Waals surface area contributed by atoms with E-state index in [0.717, 1.165) is 48.1 Å². The van der Waals surface area contributed by atoms with E-state index in [1.54, 1.807) is 12.1 Å². The standard InChI is InChI=1S/C22H28ClFN2/c1-17-3-8-21(16-22(17)23)25-11-2-12-26-13-9-19(10-14-26)15-18-4-6-20(24)7-5-18/h3-8,16,19,25H,2,9-15H2,1H3. The molecular formula is C22H28ClFN2. The minimum atomic E-state index is -0.148. The average molecular weight is 375 g/mol. The zero-order valence-electron chi connectivity index (χ0n) is 15.5. The number of nitrogens with one attached hydrogen (secondary N) is 1. The molecule has 0 bridgehead atoms. The summed E-state index contributed by atoms with van der Waals surface area (Å²) in [4.78, 5) is 2.56. The third-order valence-corrected chi connectivity index (χ3v) is 5.70. The molecule has 4 heteroatoms. The van der Waals surface area contributed by atoms with E-state index in [-0.39, 0.29) is 5.82 Å². The fourth-order valence-electron chi connectivity index (χ4n) is 3.61. The molecule has 0 aromatic heterocycles. The Morgan fingerprint density at radius 2 is 1.85 bits per heavy atom. The van der Waals surface area contributed by atoms with Crippen molar-refractivity contribution in [1.29, 1.82) is 0 Å². The third kappa shape index (κ3) is 5.72. The van der Waals surface area contributed by atoms with Crippen molar-refractivity contribution in [1.82, 2.24) is 4.90 Å². The molecule has 140 valence electrons. The van der Waals surface area contributed by atoms with E-state index in [1.807, 2.05) is 25.1 Å². The Labute approximate surface area is 161 Å². The van der Waals surface area contributed by atoms with Crippen molar-refractivity contribution in [3.8, 4) is 0 Å². The maximum atomic E-state index is 13.0. The molecule has 0 atom stereocenters. The predicted molar refractivity (Wildman–Crippen MR) is 109 cm³/mol. The van der Waals surface area contributed by atoms with Gasteiger partial charge in [0.2, 0.25) is 0 Å². The molecule has 1 heterocycles. The molecule has 0 aliphatic carbocycles. The van der Waals surface area contributed by atoms with Crippen molar-refractivity contribution < 1.29 is 4.39 Å². The van der Waals surface area contributed by atoms with Crippen LogP contribution in [0.2, 0.25) is 5.02 Å². The number of rotatable bonds is 7. The first-order valence-electron chi connectivity index (χ1n) is 9.57. The number of benzene rings is 2. The predicted octanol–water partition coefficient (Wildman–Crippen LogP) is 5.54. The van der Waals surface area contributed by atoms with Gasteiger partial charge < -0.3 is 10.2 Å². The number of hydrogen-bond donors (Lipinski definition) is 1. The molecule has 3 rings (SSSR count). The number of anilines is 1. The Kier molecular flexibility index (Phi) is 6.93. The quantitative estimate of drug-likeness (QED) is 0.639. The summed E-state index contributed by atoms with van der Waals surface area (Å²) < 4.78 is 13.0. The highest BCUT2D eigenvalue weighted by Crippen LogP contribution is 2.22. The maximum Gasteiger partial charge on any atom is 0.123 e. The lowest BCUT2D eigenvalue weighted by Gasteiger charge is -2.32. The smallest absolute Gasteiger partial charge is 0.123 e. The van der Waals surface area contributed by atoms with Gasteiger partial charge in [0.1, 0.15) is 5.82 Å². The number of piperidine rings is 1. The molecule has 2 aromatic rings. The first-order valence-corrected chi connectivity index (χ1v) is 9.95. The number of halogens is 2. The van der Waals surface area contributed by atoms with Gasteiger partial charge in [0, 0.05) is 17.3 Å². The summed E-state index contributed by atoms with van der Waals surface area (Å²) >= 11 is 6.16. The summed E-state index contributed by atoms with van der Waals surface area (Å²) in [5, 5.41) is 4.27. The Bertz CT molecular complexity index is 694. The van der Waals surface area contributed by atoms with Crippen LogP contribution in [0.4, 0.5) is 10.1 Å². The second-order valence-corrected chi connectivity index (χ2v) is 7.77. The molecule has 1 fully saturated rings. The molecule has 0 unspecified atom stereocenters. The molecule has 1 aliphatic rings. The minimum Gasteiger partial charge on any atom is -0.385 e. The second kappa shape index (κ2) is 9.38. The lowest BCUT2D eigenvalue weighted by atomic mass is 9.90. The Morgan fingerprint density at radius 1 is 1.12 bits per heavy atom. The number of aryl methyl sites for hydroxylation is 1. The van der Waals surface area contributed by atoms with Gasteiger partial charge in [-0.25, -0.2) is 4.39 Å². The van der Waals surface area contributed by atoms with Gasteiger partial charge in [-0.1, -0.05) is 29.8 Å².